The summed E-state index contributed by atoms with van der Waals surface area (Å²) in [4.78, 5) is 16.7. The van der Waals surface area contributed by atoms with Crippen molar-refractivity contribution >= 4 is 17.1 Å². The van der Waals surface area contributed by atoms with Crippen LogP contribution in [0.2, 0.25) is 0 Å². The van der Waals surface area contributed by atoms with Crippen molar-refractivity contribution < 1.29 is 23.7 Å². The Hall–Kier alpha value is -3.19. The number of ether oxygens (including phenoxy) is 4. The Morgan fingerprint density at radius 2 is 1.37 bits per heavy atom. The zero-order chi connectivity index (χ0) is 29.2. The summed E-state index contributed by atoms with van der Waals surface area (Å²) in [6, 6.07) is 12.3. The fourth-order valence-electron chi connectivity index (χ4n) is 6.10. The number of piperazine rings is 1. The lowest BCUT2D eigenvalue weighted by Crippen LogP contribution is -2.47. The van der Waals surface area contributed by atoms with E-state index < -0.39 is 0 Å². The zero-order valence-corrected chi connectivity index (χ0v) is 25.7. The molecule has 0 N–H and O–H groups in total. The number of methoxy groups -OCH3 is 1. The Balaban J connectivity index is 1.25. The topological polar surface area (TPSA) is 60.5 Å². The van der Waals surface area contributed by atoms with E-state index in [-0.39, 0.29) is 17.1 Å². The summed E-state index contributed by atoms with van der Waals surface area (Å²) in [7, 11) is 3.79. The van der Waals surface area contributed by atoms with Gasteiger partial charge in [-0.15, -0.1) is 0 Å². The number of hydrogen-bond donors (Lipinski definition) is 0. The van der Waals surface area contributed by atoms with Crippen LogP contribution in [0.5, 0.6) is 23.0 Å². The van der Waals surface area contributed by atoms with E-state index in [9.17, 15) is 4.79 Å². The van der Waals surface area contributed by atoms with Crippen LogP contribution in [0, 0.1) is 0 Å². The van der Waals surface area contributed by atoms with Crippen LogP contribution in [0.25, 0.3) is 11.1 Å². The Labute approximate surface area is 245 Å². The first-order valence-electron chi connectivity index (χ1n) is 15.1. The van der Waals surface area contributed by atoms with Gasteiger partial charge in [0.05, 0.1) is 13.7 Å². The molecule has 0 aromatic heterocycles. The lowest BCUT2D eigenvalue weighted by atomic mass is 9.79. The molecule has 41 heavy (non-hydrogen) atoms. The number of unbranched alkanes of at least 4 members (excludes halogenated alkanes) is 2. The predicted molar refractivity (Wildman–Crippen MR) is 163 cm³/mol. The molecule has 222 valence electrons. The molecule has 0 spiro atoms. The van der Waals surface area contributed by atoms with E-state index >= 15 is 0 Å². The minimum absolute atomic E-state index is 0.285. The van der Waals surface area contributed by atoms with Crippen molar-refractivity contribution in [2.75, 3.05) is 46.9 Å². The minimum atomic E-state index is -0.348. The van der Waals surface area contributed by atoms with Crippen LogP contribution in [0.1, 0.15) is 77.3 Å². The second-order valence-corrected chi connectivity index (χ2v) is 12.9. The Kier molecular flexibility index (Phi) is 8.55. The van der Waals surface area contributed by atoms with Gasteiger partial charge >= 0.3 is 0 Å². The van der Waals surface area contributed by atoms with Gasteiger partial charge in [-0.3, -0.25) is 4.79 Å². The second kappa shape index (κ2) is 12.0. The minimum Gasteiger partial charge on any atom is -0.497 e. The van der Waals surface area contributed by atoms with E-state index in [0.717, 1.165) is 92.4 Å². The molecule has 3 aliphatic rings. The summed E-state index contributed by atoms with van der Waals surface area (Å²) in [5, 5.41) is 0. The Bertz CT molecular complexity index is 1290. The van der Waals surface area contributed by atoms with Crippen molar-refractivity contribution in [1.29, 1.82) is 0 Å². The van der Waals surface area contributed by atoms with E-state index in [1.807, 2.05) is 23.1 Å². The van der Waals surface area contributed by atoms with Crippen molar-refractivity contribution in [3.63, 3.8) is 0 Å². The van der Waals surface area contributed by atoms with Gasteiger partial charge in [0, 0.05) is 68.7 Å². The molecule has 0 atom stereocenters. The first-order valence-corrected chi connectivity index (χ1v) is 15.1. The molecule has 0 radical (unpaired) electrons. The van der Waals surface area contributed by atoms with Gasteiger partial charge in [0.2, 0.25) is 5.91 Å². The highest BCUT2D eigenvalue weighted by Crippen LogP contribution is 2.50. The van der Waals surface area contributed by atoms with Gasteiger partial charge in [0.1, 0.15) is 34.2 Å². The Morgan fingerprint density at radius 1 is 0.805 bits per heavy atom. The van der Waals surface area contributed by atoms with Gasteiger partial charge in [-0.05, 0) is 89.4 Å². The highest BCUT2D eigenvalue weighted by Gasteiger charge is 2.37. The number of nitrogens with zero attached hydrogens (tertiary/aromatic N) is 2. The number of fused-ring (bicyclic) bond motifs is 2. The van der Waals surface area contributed by atoms with Crippen molar-refractivity contribution in [3.05, 3.63) is 47.5 Å². The molecule has 5 rings (SSSR count). The third-order valence-corrected chi connectivity index (χ3v) is 8.29. The van der Waals surface area contributed by atoms with Crippen LogP contribution in [-0.4, -0.2) is 73.9 Å². The molecule has 3 aliphatic heterocycles. The summed E-state index contributed by atoms with van der Waals surface area (Å²) >= 11 is 0. The SMILES string of the molecule is COc1ccc2c(c1)OC(C)(C)C/C2=C1/CC(C)(C)Oc2cc(OCCCCCC(=O)N3CCN(C)CC3)ccc21. The molecule has 1 amide bonds. The standard InChI is InChI=1S/C34H46N2O5/c1-33(2)22-28(26-13-11-24(38-6)20-30(26)40-33)29-23-34(3,4)41-31-21-25(12-14-27(29)31)39-19-9-7-8-10-32(37)36-17-15-35(5)16-18-36/h11-14,20-21H,7-10,15-19,22-23H2,1-6H3/b29-28+. The zero-order valence-electron chi connectivity index (χ0n) is 25.7. The van der Waals surface area contributed by atoms with Crippen LogP contribution < -0.4 is 18.9 Å². The largest absolute Gasteiger partial charge is 0.497 e. The van der Waals surface area contributed by atoms with Crippen LogP contribution in [0.4, 0.5) is 0 Å². The van der Waals surface area contributed by atoms with Gasteiger partial charge in [0.25, 0.3) is 0 Å². The number of carbonyl (C=O) groups is 1. The smallest absolute Gasteiger partial charge is 0.222 e. The lowest BCUT2D eigenvalue weighted by molar-refractivity contribution is -0.132. The molecule has 2 aromatic rings. The van der Waals surface area contributed by atoms with Gasteiger partial charge in [-0.2, -0.15) is 0 Å². The van der Waals surface area contributed by atoms with Crippen LogP contribution in [0.3, 0.4) is 0 Å². The number of rotatable bonds is 8. The first-order chi connectivity index (χ1) is 19.5. The maximum Gasteiger partial charge on any atom is 0.222 e. The average Bonchev–Trinajstić information content (AvgIpc) is 2.92. The highest BCUT2D eigenvalue weighted by atomic mass is 16.5. The lowest BCUT2D eigenvalue weighted by Gasteiger charge is -2.39. The first kappa shape index (κ1) is 29.3. The molecule has 7 heteroatoms. The van der Waals surface area contributed by atoms with E-state index in [1.165, 1.54) is 11.1 Å². The number of amides is 1. The van der Waals surface area contributed by atoms with Gasteiger partial charge in [-0.25, -0.2) is 0 Å². The highest BCUT2D eigenvalue weighted by molar-refractivity contribution is 5.96. The molecular weight excluding hydrogens is 516 g/mol. The van der Waals surface area contributed by atoms with E-state index in [2.05, 4.69) is 57.8 Å². The molecule has 1 saturated heterocycles. The molecule has 0 aliphatic carbocycles. The maximum atomic E-state index is 12.5. The fraction of sp³-hybridized carbons (Fsp3) is 0.559. The van der Waals surface area contributed by atoms with Gasteiger partial charge in [-0.1, -0.05) is 0 Å². The van der Waals surface area contributed by atoms with Crippen LogP contribution in [-0.2, 0) is 4.79 Å². The summed E-state index contributed by atoms with van der Waals surface area (Å²) < 4.78 is 24.5. The molecule has 0 bridgehead atoms. The number of likely N-dealkylation sites (N-methyl/N-ethyl adjacent to an activating group) is 1. The van der Waals surface area contributed by atoms with Crippen LogP contribution in [0.15, 0.2) is 36.4 Å². The quantitative estimate of drug-likeness (QED) is 0.345. The van der Waals surface area contributed by atoms with E-state index in [1.54, 1.807) is 7.11 Å². The third-order valence-electron chi connectivity index (χ3n) is 8.29. The molecule has 0 unspecified atom stereocenters. The van der Waals surface area contributed by atoms with E-state index in [4.69, 9.17) is 18.9 Å². The monoisotopic (exact) mass is 562 g/mol. The van der Waals surface area contributed by atoms with Crippen molar-refractivity contribution in [2.24, 2.45) is 0 Å². The molecule has 3 heterocycles. The normalized spacial score (nSPS) is 21.3. The number of benzene rings is 2. The van der Waals surface area contributed by atoms with E-state index in [0.29, 0.717) is 13.0 Å². The Morgan fingerprint density at radius 3 is 1.95 bits per heavy atom. The fourth-order valence-corrected chi connectivity index (χ4v) is 6.10. The van der Waals surface area contributed by atoms with Crippen molar-refractivity contribution in [3.8, 4) is 23.0 Å². The summed E-state index contributed by atoms with van der Waals surface area (Å²) in [5.74, 6) is 3.62. The third kappa shape index (κ3) is 7.00. The van der Waals surface area contributed by atoms with Crippen molar-refractivity contribution in [2.45, 2.75) is 77.4 Å². The molecule has 7 nitrogen and oxygen atoms in total. The predicted octanol–water partition coefficient (Wildman–Crippen LogP) is 6.44. The molecule has 1 fully saturated rings. The summed E-state index contributed by atoms with van der Waals surface area (Å²) in [6.45, 7) is 12.8. The molecule has 2 aromatic carbocycles. The second-order valence-electron chi connectivity index (χ2n) is 12.9. The summed E-state index contributed by atoms with van der Waals surface area (Å²) in [6.07, 6.45) is 5.05. The maximum absolute atomic E-state index is 12.5. The van der Waals surface area contributed by atoms with Crippen LogP contribution >= 0.6 is 0 Å². The van der Waals surface area contributed by atoms with Gasteiger partial charge < -0.3 is 28.7 Å². The number of carbonyl (C=O) groups excluding carboxylic acids is 1. The summed E-state index contributed by atoms with van der Waals surface area (Å²) in [5.41, 5.74) is 4.16. The van der Waals surface area contributed by atoms with Crippen molar-refractivity contribution in [1.82, 2.24) is 9.80 Å². The average molecular weight is 563 g/mol. The molecule has 0 saturated carbocycles. The molecular formula is C34H46N2O5. The van der Waals surface area contributed by atoms with Gasteiger partial charge in [0.15, 0.2) is 0 Å². The number of hydrogen-bond acceptors (Lipinski definition) is 6.